The van der Waals surface area contributed by atoms with Gasteiger partial charge in [0.15, 0.2) is 0 Å². The predicted molar refractivity (Wildman–Crippen MR) is 232 cm³/mol. The number of fused-ring (bicyclic) bond motifs is 8. The van der Waals surface area contributed by atoms with E-state index in [9.17, 15) is 0 Å². The zero-order valence-corrected chi connectivity index (χ0v) is 30.8. The maximum atomic E-state index is 6.33. The van der Waals surface area contributed by atoms with Crippen LogP contribution in [0.5, 0.6) is 0 Å². The molecule has 2 nitrogen and oxygen atoms in total. The zero-order valence-electron chi connectivity index (χ0n) is 30.8. The fraction of sp³-hybridized carbons (Fsp3) is 0.0566. The first-order chi connectivity index (χ1) is 27.0. The lowest BCUT2D eigenvalue weighted by atomic mass is 9.82. The van der Waals surface area contributed by atoms with E-state index in [-0.39, 0.29) is 5.41 Å². The van der Waals surface area contributed by atoms with Crippen LogP contribution in [0, 0.1) is 0 Å². The summed E-state index contributed by atoms with van der Waals surface area (Å²) in [5.41, 5.74) is 15.2. The smallest absolute Gasteiger partial charge is 0.136 e. The lowest BCUT2D eigenvalue weighted by Crippen LogP contribution is -2.16. The van der Waals surface area contributed by atoms with Gasteiger partial charge in [0.2, 0.25) is 0 Å². The average molecular weight is 704 g/mol. The summed E-state index contributed by atoms with van der Waals surface area (Å²) in [4.78, 5) is 2.41. The normalized spacial score (nSPS) is 13.1. The highest BCUT2D eigenvalue weighted by Gasteiger charge is 2.35. The zero-order chi connectivity index (χ0) is 36.7. The van der Waals surface area contributed by atoms with Gasteiger partial charge in [0.05, 0.1) is 0 Å². The first kappa shape index (κ1) is 31.6. The highest BCUT2D eigenvalue weighted by Crippen LogP contribution is 2.51. The fourth-order valence-electron chi connectivity index (χ4n) is 9.01. The molecule has 0 atom stereocenters. The van der Waals surface area contributed by atoms with E-state index in [1.807, 2.05) is 0 Å². The summed E-state index contributed by atoms with van der Waals surface area (Å²) in [6, 6.07) is 68.6. The van der Waals surface area contributed by atoms with Gasteiger partial charge < -0.3 is 9.32 Å². The second-order valence-electron chi connectivity index (χ2n) is 15.4. The summed E-state index contributed by atoms with van der Waals surface area (Å²) in [6.45, 7) is 4.70. The van der Waals surface area contributed by atoms with Crippen molar-refractivity contribution in [3.63, 3.8) is 0 Å². The van der Waals surface area contributed by atoms with E-state index in [0.717, 1.165) is 50.1 Å². The highest BCUT2D eigenvalue weighted by atomic mass is 16.3. The Morgan fingerprint density at radius 3 is 1.87 bits per heavy atom. The number of rotatable bonds is 5. The van der Waals surface area contributed by atoms with Gasteiger partial charge in [-0.2, -0.15) is 0 Å². The third-order valence-electron chi connectivity index (χ3n) is 11.8. The molecule has 1 aromatic heterocycles. The predicted octanol–water partition coefficient (Wildman–Crippen LogP) is 15.0. The quantitative estimate of drug-likeness (QED) is 0.177. The molecule has 2 heteroatoms. The molecule has 260 valence electrons. The van der Waals surface area contributed by atoms with Crippen molar-refractivity contribution in [3.05, 3.63) is 199 Å². The molecule has 0 amide bonds. The molecule has 0 radical (unpaired) electrons. The molecule has 0 saturated heterocycles. The highest BCUT2D eigenvalue weighted by molar-refractivity contribution is 6.11. The molecule has 0 bridgehead atoms. The first-order valence-electron chi connectivity index (χ1n) is 19.1. The second kappa shape index (κ2) is 12.1. The van der Waals surface area contributed by atoms with Crippen LogP contribution < -0.4 is 4.90 Å². The standard InChI is InChI=1S/C53H37NO/c1-53(2)49-20-8-7-18-45(49)46-27-26-42(33-50(46)53)54(41-16-9-15-39(29-41)44-19-10-14-35-11-5-6-17-43(35)44)40-24-21-34(22-25-40)38-23-28-51-47(31-38)48-30-36-12-3-4-13-37(36)32-52(48)55-51/h3-33H,1-2H3. The van der Waals surface area contributed by atoms with Crippen molar-refractivity contribution in [1.29, 1.82) is 0 Å². The van der Waals surface area contributed by atoms with E-state index >= 15 is 0 Å². The third kappa shape index (κ3) is 5.02. The molecule has 9 aromatic carbocycles. The maximum Gasteiger partial charge on any atom is 0.136 e. The Labute approximate surface area is 320 Å². The van der Waals surface area contributed by atoms with Gasteiger partial charge >= 0.3 is 0 Å². The van der Waals surface area contributed by atoms with E-state index in [1.54, 1.807) is 0 Å². The van der Waals surface area contributed by atoms with Crippen molar-refractivity contribution in [2.45, 2.75) is 19.3 Å². The second-order valence-corrected chi connectivity index (χ2v) is 15.4. The number of furan rings is 1. The van der Waals surface area contributed by atoms with Crippen LogP contribution in [0.15, 0.2) is 192 Å². The van der Waals surface area contributed by atoms with Crippen LogP contribution >= 0.6 is 0 Å². The Bertz CT molecular complexity index is 3120. The number of nitrogens with zero attached hydrogens (tertiary/aromatic N) is 1. The number of hydrogen-bond acceptors (Lipinski definition) is 2. The summed E-state index contributed by atoms with van der Waals surface area (Å²) in [7, 11) is 0. The van der Waals surface area contributed by atoms with Gasteiger partial charge in [-0.25, -0.2) is 0 Å². The van der Waals surface area contributed by atoms with Crippen LogP contribution in [0.1, 0.15) is 25.0 Å². The molecule has 0 fully saturated rings. The Kier molecular flexibility index (Phi) is 6.93. The molecule has 0 unspecified atom stereocenters. The Balaban J connectivity index is 1.04. The lowest BCUT2D eigenvalue weighted by molar-refractivity contribution is 0.660. The van der Waals surface area contributed by atoms with Crippen molar-refractivity contribution in [2.24, 2.45) is 0 Å². The first-order valence-corrected chi connectivity index (χ1v) is 19.1. The molecule has 0 N–H and O–H groups in total. The molecule has 1 aliphatic carbocycles. The van der Waals surface area contributed by atoms with Crippen molar-refractivity contribution >= 4 is 60.5 Å². The molecule has 1 aliphatic rings. The largest absolute Gasteiger partial charge is 0.456 e. The van der Waals surface area contributed by atoms with Crippen molar-refractivity contribution in [1.82, 2.24) is 0 Å². The maximum absolute atomic E-state index is 6.33. The molecular weight excluding hydrogens is 667 g/mol. The summed E-state index contributed by atoms with van der Waals surface area (Å²) < 4.78 is 6.33. The topological polar surface area (TPSA) is 16.4 Å². The van der Waals surface area contributed by atoms with Crippen LogP contribution in [0.3, 0.4) is 0 Å². The summed E-state index contributed by atoms with van der Waals surface area (Å²) >= 11 is 0. The Hall–Kier alpha value is -6.90. The van der Waals surface area contributed by atoms with E-state index in [1.165, 1.54) is 54.9 Å². The molecule has 55 heavy (non-hydrogen) atoms. The minimum absolute atomic E-state index is 0.107. The van der Waals surface area contributed by atoms with E-state index in [0.29, 0.717) is 0 Å². The van der Waals surface area contributed by atoms with Gasteiger partial charge in [-0.15, -0.1) is 0 Å². The van der Waals surface area contributed by atoms with Crippen LogP contribution in [0.2, 0.25) is 0 Å². The Morgan fingerprint density at radius 2 is 1.00 bits per heavy atom. The van der Waals surface area contributed by atoms with Gasteiger partial charge in [0.25, 0.3) is 0 Å². The third-order valence-corrected chi connectivity index (χ3v) is 11.8. The number of benzene rings is 9. The monoisotopic (exact) mass is 703 g/mol. The molecule has 1 heterocycles. The van der Waals surface area contributed by atoms with Gasteiger partial charge in [-0.1, -0.05) is 141 Å². The van der Waals surface area contributed by atoms with E-state index in [2.05, 4.69) is 207 Å². The van der Waals surface area contributed by atoms with Gasteiger partial charge in [-0.3, -0.25) is 0 Å². The van der Waals surface area contributed by atoms with Crippen molar-refractivity contribution < 1.29 is 4.42 Å². The van der Waals surface area contributed by atoms with E-state index < -0.39 is 0 Å². The van der Waals surface area contributed by atoms with Crippen molar-refractivity contribution in [2.75, 3.05) is 4.90 Å². The SMILES string of the molecule is CC1(C)c2ccccc2-c2ccc(N(c3ccc(-c4ccc5oc6cc7ccccc7cc6c5c4)cc3)c3cccc(-c4cccc5ccccc45)c3)cc21. The molecular formula is C53H37NO. The summed E-state index contributed by atoms with van der Waals surface area (Å²) in [6.07, 6.45) is 0. The molecule has 0 saturated carbocycles. The van der Waals surface area contributed by atoms with Crippen LogP contribution in [0.4, 0.5) is 17.1 Å². The number of anilines is 3. The molecule has 0 spiro atoms. The van der Waals surface area contributed by atoms with Crippen LogP contribution in [-0.4, -0.2) is 0 Å². The molecule has 11 rings (SSSR count). The van der Waals surface area contributed by atoms with Gasteiger partial charge in [-0.05, 0) is 127 Å². The van der Waals surface area contributed by atoms with Crippen molar-refractivity contribution in [3.8, 4) is 33.4 Å². The molecule has 10 aromatic rings. The van der Waals surface area contributed by atoms with Gasteiger partial charge in [0.1, 0.15) is 11.2 Å². The van der Waals surface area contributed by atoms with E-state index in [4.69, 9.17) is 4.42 Å². The van der Waals surface area contributed by atoms with Crippen LogP contribution in [-0.2, 0) is 5.41 Å². The van der Waals surface area contributed by atoms with Gasteiger partial charge in [0, 0.05) is 33.2 Å². The average Bonchev–Trinajstić information content (AvgIpc) is 3.70. The summed E-state index contributed by atoms with van der Waals surface area (Å²) in [5, 5.41) is 7.19. The lowest BCUT2D eigenvalue weighted by Gasteiger charge is -2.28. The fourth-order valence-corrected chi connectivity index (χ4v) is 9.01. The van der Waals surface area contributed by atoms with Crippen LogP contribution in [0.25, 0.3) is 76.9 Å². The minimum atomic E-state index is -0.107. The Morgan fingerprint density at radius 1 is 0.364 bits per heavy atom. The molecule has 0 aliphatic heterocycles. The minimum Gasteiger partial charge on any atom is -0.456 e. The summed E-state index contributed by atoms with van der Waals surface area (Å²) in [5.74, 6) is 0. The number of hydrogen-bond donors (Lipinski definition) is 0.